The molecular formula is C8H10N2O2. The van der Waals surface area contributed by atoms with Crippen molar-refractivity contribution in [3.05, 3.63) is 17.2 Å². The monoisotopic (exact) mass is 166 g/mol. The average Bonchev–Trinajstić information content (AvgIpc) is 2.46. The van der Waals surface area contributed by atoms with Crippen molar-refractivity contribution in [2.24, 2.45) is 0 Å². The van der Waals surface area contributed by atoms with Gasteiger partial charge in [0.15, 0.2) is 12.6 Å². The van der Waals surface area contributed by atoms with Crippen molar-refractivity contribution in [3.8, 4) is 0 Å². The van der Waals surface area contributed by atoms with Gasteiger partial charge in [-0.05, 0) is 0 Å². The lowest BCUT2D eigenvalue weighted by molar-refractivity contribution is 0.109. The Bertz CT molecular complexity index is 277. The van der Waals surface area contributed by atoms with Crippen LogP contribution in [0.25, 0.3) is 0 Å². The molecular weight excluding hydrogens is 156 g/mol. The van der Waals surface area contributed by atoms with Gasteiger partial charge in [-0.1, -0.05) is 13.8 Å². The molecule has 0 atom stereocenters. The second-order valence-corrected chi connectivity index (χ2v) is 2.81. The first-order valence-electron chi connectivity index (χ1n) is 3.69. The number of aromatic amines is 1. The minimum Gasteiger partial charge on any atom is -0.339 e. The standard InChI is InChI=1S/C8H10N2O2/c1-5(2)8-9-6(3-11)7(4-12)10-8/h3-5H,1-2H3,(H,9,10). The fourth-order valence-corrected chi connectivity index (χ4v) is 0.873. The van der Waals surface area contributed by atoms with Gasteiger partial charge in [0.25, 0.3) is 0 Å². The van der Waals surface area contributed by atoms with Crippen LogP contribution in [0.2, 0.25) is 0 Å². The van der Waals surface area contributed by atoms with Gasteiger partial charge in [-0.2, -0.15) is 0 Å². The summed E-state index contributed by atoms with van der Waals surface area (Å²) in [5.74, 6) is 0.858. The Labute approximate surface area is 70.0 Å². The number of aromatic nitrogens is 2. The van der Waals surface area contributed by atoms with E-state index in [1.165, 1.54) is 0 Å². The van der Waals surface area contributed by atoms with E-state index < -0.39 is 0 Å². The normalized spacial score (nSPS) is 10.2. The summed E-state index contributed by atoms with van der Waals surface area (Å²) in [7, 11) is 0. The second kappa shape index (κ2) is 3.30. The molecule has 0 aliphatic rings. The van der Waals surface area contributed by atoms with Crippen molar-refractivity contribution in [3.63, 3.8) is 0 Å². The molecule has 1 rings (SSSR count). The molecule has 0 spiro atoms. The van der Waals surface area contributed by atoms with Crippen molar-refractivity contribution in [1.29, 1.82) is 0 Å². The van der Waals surface area contributed by atoms with Crippen LogP contribution in [0.1, 0.15) is 46.6 Å². The Hall–Kier alpha value is -1.45. The Kier molecular flexibility index (Phi) is 2.38. The Balaban J connectivity index is 3.13. The third-order valence-electron chi connectivity index (χ3n) is 1.56. The summed E-state index contributed by atoms with van der Waals surface area (Å²) in [5, 5.41) is 0. The number of nitrogens with zero attached hydrogens (tertiary/aromatic N) is 1. The van der Waals surface area contributed by atoms with Crippen LogP contribution in [0.5, 0.6) is 0 Å². The van der Waals surface area contributed by atoms with E-state index in [1.807, 2.05) is 13.8 Å². The fraction of sp³-hybridized carbons (Fsp3) is 0.375. The first kappa shape index (κ1) is 8.64. The van der Waals surface area contributed by atoms with Crippen LogP contribution in [0.3, 0.4) is 0 Å². The van der Waals surface area contributed by atoms with E-state index >= 15 is 0 Å². The molecule has 0 radical (unpaired) electrons. The molecule has 0 unspecified atom stereocenters. The fourth-order valence-electron chi connectivity index (χ4n) is 0.873. The lowest BCUT2D eigenvalue weighted by atomic mass is 10.2. The van der Waals surface area contributed by atoms with E-state index in [0.29, 0.717) is 18.4 Å². The largest absolute Gasteiger partial charge is 0.339 e. The predicted octanol–water partition coefficient (Wildman–Crippen LogP) is 1.16. The number of hydrogen-bond acceptors (Lipinski definition) is 3. The topological polar surface area (TPSA) is 62.8 Å². The maximum Gasteiger partial charge on any atom is 0.170 e. The lowest BCUT2D eigenvalue weighted by Gasteiger charge is -1.95. The third kappa shape index (κ3) is 1.42. The van der Waals surface area contributed by atoms with Crippen LogP contribution in [-0.4, -0.2) is 22.5 Å². The number of carbonyl (C=O) groups excluding carboxylic acids is 2. The molecule has 1 N–H and O–H groups in total. The molecule has 0 aromatic carbocycles. The van der Waals surface area contributed by atoms with Crippen LogP contribution in [0.15, 0.2) is 0 Å². The maximum atomic E-state index is 10.4. The second-order valence-electron chi connectivity index (χ2n) is 2.81. The highest BCUT2D eigenvalue weighted by Crippen LogP contribution is 2.11. The van der Waals surface area contributed by atoms with Crippen LogP contribution >= 0.6 is 0 Å². The first-order chi connectivity index (χ1) is 5.69. The molecule has 0 bridgehead atoms. The Morgan fingerprint density at radius 1 is 1.33 bits per heavy atom. The Morgan fingerprint density at radius 3 is 2.33 bits per heavy atom. The summed E-state index contributed by atoms with van der Waals surface area (Å²) in [4.78, 5) is 27.5. The van der Waals surface area contributed by atoms with Crippen molar-refractivity contribution in [2.75, 3.05) is 0 Å². The predicted molar refractivity (Wildman–Crippen MR) is 43.5 cm³/mol. The molecule has 0 saturated carbocycles. The zero-order valence-electron chi connectivity index (χ0n) is 7.00. The zero-order valence-corrected chi connectivity index (χ0v) is 7.00. The zero-order chi connectivity index (χ0) is 9.14. The van der Waals surface area contributed by atoms with Crippen molar-refractivity contribution < 1.29 is 9.59 Å². The van der Waals surface area contributed by atoms with E-state index in [0.717, 1.165) is 0 Å². The minimum absolute atomic E-state index is 0.189. The van der Waals surface area contributed by atoms with E-state index in [1.54, 1.807) is 0 Å². The van der Waals surface area contributed by atoms with Gasteiger partial charge in [-0.3, -0.25) is 9.59 Å². The van der Waals surface area contributed by atoms with Gasteiger partial charge in [0, 0.05) is 5.92 Å². The van der Waals surface area contributed by atoms with E-state index in [-0.39, 0.29) is 17.3 Å². The highest BCUT2D eigenvalue weighted by molar-refractivity contribution is 5.86. The number of carbonyl (C=O) groups is 2. The molecule has 1 aromatic rings. The van der Waals surface area contributed by atoms with Crippen LogP contribution < -0.4 is 0 Å². The average molecular weight is 166 g/mol. The molecule has 0 amide bonds. The molecule has 0 saturated heterocycles. The van der Waals surface area contributed by atoms with Gasteiger partial charge in [-0.25, -0.2) is 4.98 Å². The summed E-state index contributed by atoms with van der Waals surface area (Å²) in [6.07, 6.45) is 1.18. The maximum absolute atomic E-state index is 10.4. The van der Waals surface area contributed by atoms with E-state index in [4.69, 9.17) is 0 Å². The molecule has 4 heteroatoms. The summed E-state index contributed by atoms with van der Waals surface area (Å²) in [5.41, 5.74) is 0.447. The van der Waals surface area contributed by atoms with Gasteiger partial charge in [0.2, 0.25) is 0 Å². The smallest absolute Gasteiger partial charge is 0.170 e. The quantitative estimate of drug-likeness (QED) is 0.685. The molecule has 0 aliphatic carbocycles. The number of aldehydes is 2. The minimum atomic E-state index is 0.189. The molecule has 1 aromatic heterocycles. The third-order valence-corrected chi connectivity index (χ3v) is 1.56. The molecule has 12 heavy (non-hydrogen) atoms. The van der Waals surface area contributed by atoms with Gasteiger partial charge in [-0.15, -0.1) is 0 Å². The van der Waals surface area contributed by atoms with Gasteiger partial charge in [0.1, 0.15) is 17.2 Å². The SMILES string of the molecule is CC(C)c1nc(C=O)c(C=O)[nH]1. The summed E-state index contributed by atoms with van der Waals surface area (Å²) < 4.78 is 0. The van der Waals surface area contributed by atoms with E-state index in [9.17, 15) is 9.59 Å². The van der Waals surface area contributed by atoms with Gasteiger partial charge in [0.05, 0.1) is 0 Å². The van der Waals surface area contributed by atoms with Gasteiger partial charge < -0.3 is 4.98 Å². The summed E-state index contributed by atoms with van der Waals surface area (Å²) >= 11 is 0. The van der Waals surface area contributed by atoms with Crippen molar-refractivity contribution >= 4 is 12.6 Å². The van der Waals surface area contributed by atoms with Crippen LogP contribution in [-0.2, 0) is 0 Å². The lowest BCUT2D eigenvalue weighted by Crippen LogP contribution is -1.89. The molecule has 64 valence electrons. The van der Waals surface area contributed by atoms with Crippen molar-refractivity contribution in [1.82, 2.24) is 9.97 Å². The van der Waals surface area contributed by atoms with Crippen LogP contribution in [0.4, 0.5) is 0 Å². The number of hydrogen-bond donors (Lipinski definition) is 1. The van der Waals surface area contributed by atoms with Gasteiger partial charge >= 0.3 is 0 Å². The molecule has 4 nitrogen and oxygen atoms in total. The number of H-pyrrole nitrogens is 1. The van der Waals surface area contributed by atoms with E-state index in [2.05, 4.69) is 9.97 Å². The summed E-state index contributed by atoms with van der Waals surface area (Å²) in [6, 6.07) is 0. The number of rotatable bonds is 3. The van der Waals surface area contributed by atoms with Crippen LogP contribution in [0, 0.1) is 0 Å². The number of nitrogens with one attached hydrogen (secondary N) is 1. The molecule has 0 fully saturated rings. The molecule has 0 aliphatic heterocycles. The highest BCUT2D eigenvalue weighted by atomic mass is 16.1. The molecule has 1 heterocycles. The number of imidazole rings is 1. The van der Waals surface area contributed by atoms with Crippen molar-refractivity contribution in [2.45, 2.75) is 19.8 Å². The summed E-state index contributed by atoms with van der Waals surface area (Å²) in [6.45, 7) is 3.87. The Morgan fingerprint density at radius 2 is 2.00 bits per heavy atom. The first-order valence-corrected chi connectivity index (χ1v) is 3.69. The highest BCUT2D eigenvalue weighted by Gasteiger charge is 2.10.